The van der Waals surface area contributed by atoms with E-state index in [0.29, 0.717) is 16.3 Å². The molecule has 0 spiro atoms. The molecule has 92 valence electrons. The highest BCUT2D eigenvalue weighted by Gasteiger charge is 2.16. The highest BCUT2D eigenvalue weighted by Crippen LogP contribution is 2.26. The monoisotopic (exact) mass is 392 g/mol. The fraction of sp³-hybridized carbons (Fsp3) is 0. The number of nitrogens with zero attached hydrogens (tertiary/aromatic N) is 2. The smallest absolute Gasteiger partial charge is 0.267 e. The van der Waals surface area contributed by atoms with Crippen molar-refractivity contribution in [1.29, 1.82) is 0 Å². The molecular formula is C12H7Cl2IN2O. The van der Waals surface area contributed by atoms with Gasteiger partial charge in [0.1, 0.15) is 0 Å². The second-order valence-electron chi connectivity index (χ2n) is 3.43. The number of pyridine rings is 1. The predicted octanol–water partition coefficient (Wildman–Crippen LogP) is 4.14. The van der Waals surface area contributed by atoms with Gasteiger partial charge >= 0.3 is 0 Å². The Kier molecular flexibility index (Phi) is 4.42. The molecule has 1 heterocycles. The van der Waals surface area contributed by atoms with Crippen molar-refractivity contribution in [3.8, 4) is 0 Å². The van der Waals surface area contributed by atoms with E-state index >= 15 is 0 Å². The minimum Gasteiger partial charge on any atom is -0.267 e. The third kappa shape index (κ3) is 2.93. The number of hydrogen-bond acceptors (Lipinski definition) is 2. The van der Waals surface area contributed by atoms with Crippen LogP contribution in [0.2, 0.25) is 5.02 Å². The summed E-state index contributed by atoms with van der Waals surface area (Å²) in [4.78, 5) is 15.9. The number of carbonyl (C=O) groups is 1. The minimum atomic E-state index is -0.331. The van der Waals surface area contributed by atoms with Crippen molar-refractivity contribution in [2.45, 2.75) is 0 Å². The van der Waals surface area contributed by atoms with Gasteiger partial charge in [-0.1, -0.05) is 11.6 Å². The number of amides is 1. The zero-order valence-electron chi connectivity index (χ0n) is 8.98. The molecule has 3 nitrogen and oxygen atoms in total. The number of halogens is 3. The Morgan fingerprint density at radius 3 is 2.72 bits per heavy atom. The van der Waals surface area contributed by atoms with Gasteiger partial charge in [0, 0.05) is 27.7 Å². The van der Waals surface area contributed by atoms with Crippen LogP contribution in [0.1, 0.15) is 10.4 Å². The van der Waals surface area contributed by atoms with Gasteiger partial charge in [0.05, 0.1) is 16.3 Å². The van der Waals surface area contributed by atoms with E-state index in [-0.39, 0.29) is 5.91 Å². The Hall–Kier alpha value is -0.850. The maximum atomic E-state index is 12.1. The van der Waals surface area contributed by atoms with Gasteiger partial charge in [-0.25, -0.2) is 4.42 Å². The second kappa shape index (κ2) is 5.86. The van der Waals surface area contributed by atoms with Crippen LogP contribution in [0.25, 0.3) is 0 Å². The van der Waals surface area contributed by atoms with Crippen molar-refractivity contribution >= 4 is 57.6 Å². The van der Waals surface area contributed by atoms with Gasteiger partial charge in [-0.2, -0.15) is 0 Å². The zero-order chi connectivity index (χ0) is 13.1. The fourth-order valence-electron chi connectivity index (χ4n) is 1.33. The van der Waals surface area contributed by atoms with Gasteiger partial charge in [0.15, 0.2) is 0 Å². The first kappa shape index (κ1) is 13.6. The van der Waals surface area contributed by atoms with Crippen molar-refractivity contribution in [2.24, 2.45) is 0 Å². The molecule has 0 saturated carbocycles. The number of anilines is 1. The molecule has 0 fully saturated rings. The number of carbonyl (C=O) groups excluding carboxylic acids is 1. The fourth-order valence-corrected chi connectivity index (χ4v) is 2.15. The van der Waals surface area contributed by atoms with Gasteiger partial charge in [0.25, 0.3) is 5.91 Å². The molecule has 0 N–H and O–H groups in total. The van der Waals surface area contributed by atoms with Crippen molar-refractivity contribution < 1.29 is 4.79 Å². The van der Waals surface area contributed by atoms with E-state index in [1.54, 1.807) is 36.5 Å². The quantitative estimate of drug-likeness (QED) is 0.568. The second-order valence-corrected chi connectivity index (χ2v) is 5.33. The van der Waals surface area contributed by atoms with E-state index in [2.05, 4.69) is 27.6 Å². The van der Waals surface area contributed by atoms with Crippen LogP contribution >= 0.6 is 46.0 Å². The molecule has 0 bridgehead atoms. The summed E-state index contributed by atoms with van der Waals surface area (Å²) < 4.78 is 1.88. The van der Waals surface area contributed by atoms with E-state index in [1.807, 2.05) is 0 Å². The van der Waals surface area contributed by atoms with E-state index in [1.165, 1.54) is 6.20 Å². The minimum absolute atomic E-state index is 0.331. The molecule has 1 aromatic carbocycles. The summed E-state index contributed by atoms with van der Waals surface area (Å²) in [6, 6.07) is 8.47. The lowest BCUT2D eigenvalue weighted by Gasteiger charge is -2.14. The third-order valence-corrected chi connectivity index (χ3v) is 4.11. The van der Waals surface area contributed by atoms with Gasteiger partial charge in [-0.3, -0.25) is 9.78 Å². The lowest BCUT2D eigenvalue weighted by molar-refractivity contribution is 0.100. The van der Waals surface area contributed by atoms with Gasteiger partial charge < -0.3 is 0 Å². The van der Waals surface area contributed by atoms with E-state index in [0.717, 1.165) is 7.99 Å². The molecule has 1 amide bonds. The molecule has 0 aliphatic heterocycles. The Morgan fingerprint density at radius 1 is 1.33 bits per heavy atom. The Morgan fingerprint density at radius 2 is 2.11 bits per heavy atom. The predicted molar refractivity (Wildman–Crippen MR) is 81.1 cm³/mol. The summed E-state index contributed by atoms with van der Waals surface area (Å²) in [5, 5.41) is 0.623. The van der Waals surface area contributed by atoms with Crippen molar-refractivity contribution in [3.05, 3.63) is 56.9 Å². The molecule has 2 rings (SSSR count). The number of rotatable bonds is 2. The van der Waals surface area contributed by atoms with Crippen molar-refractivity contribution in [1.82, 2.24) is 4.98 Å². The zero-order valence-corrected chi connectivity index (χ0v) is 12.6. The summed E-state index contributed by atoms with van der Waals surface area (Å²) in [6.07, 6.45) is 3.07. The van der Waals surface area contributed by atoms with Crippen LogP contribution in [0.5, 0.6) is 0 Å². The summed E-state index contributed by atoms with van der Waals surface area (Å²) >= 11 is 14.0. The van der Waals surface area contributed by atoms with Crippen LogP contribution in [0.3, 0.4) is 0 Å². The molecule has 0 unspecified atom stereocenters. The van der Waals surface area contributed by atoms with Gasteiger partial charge in [-0.05, 0) is 52.9 Å². The average Bonchev–Trinajstić information content (AvgIpc) is 2.41. The van der Waals surface area contributed by atoms with E-state index in [9.17, 15) is 4.79 Å². The first-order chi connectivity index (χ1) is 8.59. The molecule has 0 atom stereocenters. The first-order valence-electron chi connectivity index (χ1n) is 4.95. The van der Waals surface area contributed by atoms with E-state index < -0.39 is 0 Å². The molecule has 0 saturated heterocycles. The Balaban J connectivity index is 2.28. The molecule has 0 aliphatic rings. The molecule has 2 aromatic rings. The maximum Gasteiger partial charge on any atom is 0.274 e. The summed E-state index contributed by atoms with van der Waals surface area (Å²) in [6.45, 7) is 0. The van der Waals surface area contributed by atoms with E-state index in [4.69, 9.17) is 23.4 Å². The topological polar surface area (TPSA) is 33.2 Å². The van der Waals surface area contributed by atoms with Crippen LogP contribution in [0.15, 0.2) is 42.7 Å². The largest absolute Gasteiger partial charge is 0.274 e. The Bertz CT molecular complexity index is 578. The third-order valence-electron chi connectivity index (χ3n) is 2.22. The highest BCUT2D eigenvalue weighted by atomic mass is 127. The van der Waals surface area contributed by atoms with Gasteiger partial charge in [-0.15, -0.1) is 0 Å². The van der Waals surface area contributed by atoms with Gasteiger partial charge in [0.2, 0.25) is 0 Å². The summed E-state index contributed by atoms with van der Waals surface area (Å²) in [5.74, 6) is -0.331. The summed E-state index contributed by atoms with van der Waals surface area (Å²) in [7, 11) is 0. The highest BCUT2D eigenvalue weighted by molar-refractivity contribution is 14.1. The lowest BCUT2D eigenvalue weighted by Crippen LogP contribution is -2.20. The molecule has 0 radical (unpaired) electrons. The average molecular weight is 393 g/mol. The number of hydrogen-bond donors (Lipinski definition) is 0. The van der Waals surface area contributed by atoms with Crippen molar-refractivity contribution in [3.63, 3.8) is 0 Å². The first-order valence-corrected chi connectivity index (χ1v) is 6.74. The van der Waals surface area contributed by atoms with Crippen LogP contribution in [-0.4, -0.2) is 10.9 Å². The normalized spacial score (nSPS) is 10.2. The van der Waals surface area contributed by atoms with Crippen LogP contribution in [0.4, 0.5) is 5.69 Å². The molecule has 6 heteroatoms. The SMILES string of the molecule is O=C(c1cccnc1)N(Cl)c1ccc(Cl)c(I)c1. The number of aromatic nitrogens is 1. The molecule has 1 aromatic heterocycles. The maximum absolute atomic E-state index is 12.1. The van der Waals surface area contributed by atoms with Crippen molar-refractivity contribution in [2.75, 3.05) is 4.42 Å². The molecule has 0 aliphatic carbocycles. The molecular weight excluding hydrogens is 386 g/mol. The Labute approximate surface area is 128 Å². The lowest BCUT2D eigenvalue weighted by atomic mass is 10.2. The molecule has 18 heavy (non-hydrogen) atoms. The number of benzene rings is 1. The van der Waals surface area contributed by atoms with Crippen LogP contribution in [0, 0.1) is 3.57 Å². The van der Waals surface area contributed by atoms with Crippen LogP contribution in [-0.2, 0) is 0 Å². The summed E-state index contributed by atoms with van der Waals surface area (Å²) in [5.41, 5.74) is 0.997. The standard InChI is InChI=1S/C12H7Cl2IN2O/c13-10-4-3-9(6-11(10)15)17(14)12(18)8-2-1-5-16-7-8/h1-7H. The van der Waals surface area contributed by atoms with Crippen LogP contribution < -0.4 is 4.42 Å².